The first-order chi connectivity index (χ1) is 9.63. The number of aromatic nitrogens is 1. The summed E-state index contributed by atoms with van der Waals surface area (Å²) >= 11 is 11.0. The number of benzene rings is 2. The number of nitrogens with zero attached hydrogens (tertiary/aromatic N) is 1. The highest BCUT2D eigenvalue weighted by molar-refractivity contribution is 9.10. The van der Waals surface area contributed by atoms with Crippen LogP contribution in [0.25, 0.3) is 21.8 Å². The third-order valence-corrected chi connectivity index (χ3v) is 4.54. The minimum Gasteiger partial charge on any atom is -0.236 e. The fourth-order valence-corrected chi connectivity index (χ4v) is 3.17. The Kier molecular flexibility index (Phi) is 3.87. The van der Waals surface area contributed by atoms with Gasteiger partial charge in [0.1, 0.15) is 10.8 Å². The number of hydrogen-bond acceptors (Lipinski definition) is 2. The molecule has 0 N–H and O–H groups in total. The van der Waals surface area contributed by atoms with E-state index in [4.69, 9.17) is 11.6 Å². The second kappa shape index (κ2) is 5.64. The Morgan fingerprint density at radius 2 is 1.85 bits per heavy atom. The highest BCUT2D eigenvalue weighted by Crippen LogP contribution is 2.33. The minimum atomic E-state index is -0.345. The van der Waals surface area contributed by atoms with Crippen molar-refractivity contribution in [3.05, 3.63) is 63.2 Å². The molecule has 0 bridgehead atoms. The van der Waals surface area contributed by atoms with Gasteiger partial charge in [0.15, 0.2) is 0 Å². The largest absolute Gasteiger partial charge is 0.236 e. The molecule has 0 aliphatic rings. The molecule has 0 radical (unpaired) electrons. The standard InChI is InChI=1S/C15H8BrClFNS/c16-10-3-1-9(2-4-10)15-19-14(8-20-15)12-6-5-11(18)7-13(12)17/h1-8H. The number of hydrogen-bond donors (Lipinski definition) is 0. The lowest BCUT2D eigenvalue weighted by atomic mass is 10.1. The van der Waals surface area contributed by atoms with Crippen molar-refractivity contribution < 1.29 is 4.39 Å². The van der Waals surface area contributed by atoms with Crippen LogP contribution in [0.4, 0.5) is 4.39 Å². The molecule has 3 rings (SSSR count). The summed E-state index contributed by atoms with van der Waals surface area (Å²) in [6.07, 6.45) is 0. The third kappa shape index (κ3) is 2.77. The average molecular weight is 369 g/mol. The van der Waals surface area contributed by atoms with Crippen LogP contribution in [0.1, 0.15) is 0 Å². The molecule has 1 heterocycles. The van der Waals surface area contributed by atoms with Crippen LogP contribution in [-0.4, -0.2) is 4.98 Å². The average Bonchev–Trinajstić information content (AvgIpc) is 2.89. The molecule has 20 heavy (non-hydrogen) atoms. The third-order valence-electron chi connectivity index (χ3n) is 2.80. The number of thiazole rings is 1. The molecule has 1 aromatic heterocycles. The van der Waals surface area contributed by atoms with Gasteiger partial charge < -0.3 is 0 Å². The maximum absolute atomic E-state index is 13.1. The van der Waals surface area contributed by atoms with Crippen molar-refractivity contribution in [1.29, 1.82) is 0 Å². The predicted molar refractivity (Wildman–Crippen MR) is 85.7 cm³/mol. The normalized spacial score (nSPS) is 10.8. The molecular formula is C15H8BrClFNS. The molecule has 0 saturated heterocycles. The molecule has 1 nitrogen and oxygen atoms in total. The fourth-order valence-electron chi connectivity index (χ4n) is 1.82. The topological polar surface area (TPSA) is 12.9 Å². The summed E-state index contributed by atoms with van der Waals surface area (Å²) in [5, 5.41) is 3.21. The van der Waals surface area contributed by atoms with E-state index in [2.05, 4.69) is 20.9 Å². The first-order valence-corrected chi connectivity index (χ1v) is 7.85. The molecular weight excluding hydrogens is 361 g/mol. The van der Waals surface area contributed by atoms with Crippen LogP contribution in [0.15, 0.2) is 52.3 Å². The molecule has 0 aliphatic carbocycles. The summed E-state index contributed by atoms with van der Waals surface area (Å²) in [5.74, 6) is -0.345. The van der Waals surface area contributed by atoms with E-state index in [0.29, 0.717) is 5.02 Å². The summed E-state index contributed by atoms with van der Waals surface area (Å²) in [4.78, 5) is 4.57. The van der Waals surface area contributed by atoms with Gasteiger partial charge in [-0.05, 0) is 30.3 Å². The van der Waals surface area contributed by atoms with Crippen LogP contribution in [-0.2, 0) is 0 Å². The molecule has 0 unspecified atom stereocenters. The fraction of sp³-hybridized carbons (Fsp3) is 0. The van der Waals surface area contributed by atoms with E-state index in [0.717, 1.165) is 26.3 Å². The molecule has 2 aromatic carbocycles. The van der Waals surface area contributed by atoms with Gasteiger partial charge in [0.25, 0.3) is 0 Å². The van der Waals surface area contributed by atoms with Crippen molar-refractivity contribution >= 4 is 38.9 Å². The summed E-state index contributed by atoms with van der Waals surface area (Å²) < 4.78 is 14.1. The van der Waals surface area contributed by atoms with Gasteiger partial charge in [-0.1, -0.05) is 39.7 Å². The van der Waals surface area contributed by atoms with Crippen LogP contribution >= 0.6 is 38.9 Å². The molecule has 0 fully saturated rings. The van der Waals surface area contributed by atoms with E-state index < -0.39 is 0 Å². The Morgan fingerprint density at radius 1 is 1.10 bits per heavy atom. The van der Waals surface area contributed by atoms with Gasteiger partial charge in [0.05, 0.1) is 10.7 Å². The summed E-state index contributed by atoms with van der Waals surface area (Å²) in [5.41, 5.74) is 2.55. The van der Waals surface area contributed by atoms with E-state index in [-0.39, 0.29) is 5.82 Å². The van der Waals surface area contributed by atoms with E-state index in [9.17, 15) is 4.39 Å². The zero-order valence-electron chi connectivity index (χ0n) is 10.1. The van der Waals surface area contributed by atoms with Gasteiger partial charge in [-0.2, -0.15) is 0 Å². The lowest BCUT2D eigenvalue weighted by molar-refractivity contribution is 0.628. The van der Waals surface area contributed by atoms with Gasteiger partial charge in [0.2, 0.25) is 0 Å². The van der Waals surface area contributed by atoms with Crippen molar-refractivity contribution in [1.82, 2.24) is 4.98 Å². The van der Waals surface area contributed by atoms with E-state index >= 15 is 0 Å². The smallest absolute Gasteiger partial charge is 0.124 e. The lowest BCUT2D eigenvalue weighted by Gasteiger charge is -2.00. The zero-order valence-corrected chi connectivity index (χ0v) is 13.3. The van der Waals surface area contributed by atoms with Gasteiger partial charge >= 0.3 is 0 Å². The molecule has 0 saturated carbocycles. The van der Waals surface area contributed by atoms with Crippen LogP contribution < -0.4 is 0 Å². The van der Waals surface area contributed by atoms with Crippen LogP contribution in [0.3, 0.4) is 0 Å². The maximum atomic E-state index is 13.1. The Morgan fingerprint density at radius 3 is 2.55 bits per heavy atom. The Hall–Kier alpha value is -1.23. The highest BCUT2D eigenvalue weighted by Gasteiger charge is 2.10. The predicted octanol–water partition coefficient (Wildman–Crippen LogP) is 6.03. The van der Waals surface area contributed by atoms with Gasteiger partial charge in [0, 0.05) is 21.0 Å². The van der Waals surface area contributed by atoms with Crippen LogP contribution in [0.2, 0.25) is 5.02 Å². The molecule has 0 amide bonds. The van der Waals surface area contributed by atoms with Gasteiger partial charge in [-0.3, -0.25) is 0 Å². The quantitative estimate of drug-likeness (QED) is 0.538. The van der Waals surface area contributed by atoms with Crippen molar-refractivity contribution in [2.45, 2.75) is 0 Å². The van der Waals surface area contributed by atoms with E-state index in [1.54, 1.807) is 6.07 Å². The Bertz CT molecular complexity index is 755. The van der Waals surface area contributed by atoms with E-state index in [1.807, 2.05) is 29.6 Å². The van der Waals surface area contributed by atoms with Crippen LogP contribution in [0.5, 0.6) is 0 Å². The summed E-state index contributed by atoms with van der Waals surface area (Å²) in [6, 6.07) is 12.3. The monoisotopic (exact) mass is 367 g/mol. The second-order valence-electron chi connectivity index (χ2n) is 4.17. The molecule has 3 aromatic rings. The number of rotatable bonds is 2. The molecule has 5 heteroatoms. The molecule has 0 atom stereocenters. The number of halogens is 3. The Labute approximate surface area is 133 Å². The van der Waals surface area contributed by atoms with Crippen molar-refractivity contribution in [3.8, 4) is 21.8 Å². The molecule has 100 valence electrons. The van der Waals surface area contributed by atoms with Crippen LogP contribution in [0, 0.1) is 5.82 Å². The summed E-state index contributed by atoms with van der Waals surface area (Å²) in [6.45, 7) is 0. The SMILES string of the molecule is Fc1ccc(-c2csc(-c3ccc(Br)cc3)n2)c(Cl)c1. The van der Waals surface area contributed by atoms with Crippen molar-refractivity contribution in [2.24, 2.45) is 0 Å². The Balaban J connectivity index is 1.99. The lowest BCUT2D eigenvalue weighted by Crippen LogP contribution is -1.82. The van der Waals surface area contributed by atoms with E-state index in [1.165, 1.54) is 23.5 Å². The van der Waals surface area contributed by atoms with Crippen molar-refractivity contribution in [2.75, 3.05) is 0 Å². The summed E-state index contributed by atoms with van der Waals surface area (Å²) in [7, 11) is 0. The first-order valence-electron chi connectivity index (χ1n) is 5.80. The minimum absolute atomic E-state index is 0.345. The zero-order chi connectivity index (χ0) is 14.1. The van der Waals surface area contributed by atoms with Gasteiger partial charge in [-0.15, -0.1) is 11.3 Å². The van der Waals surface area contributed by atoms with Gasteiger partial charge in [-0.25, -0.2) is 9.37 Å². The van der Waals surface area contributed by atoms with Crippen molar-refractivity contribution in [3.63, 3.8) is 0 Å². The first kappa shape index (κ1) is 13.7. The molecule has 0 spiro atoms. The maximum Gasteiger partial charge on any atom is 0.124 e. The highest BCUT2D eigenvalue weighted by atomic mass is 79.9. The second-order valence-corrected chi connectivity index (χ2v) is 6.35. The molecule has 0 aliphatic heterocycles.